The number of rotatable bonds is 3. The smallest absolute Gasteiger partial charge is 0.328 e. The van der Waals surface area contributed by atoms with E-state index in [1.807, 2.05) is 4.98 Å². The molecule has 0 amide bonds. The normalized spacial score (nSPS) is 12.4. The topological polar surface area (TPSA) is 95.0 Å². The highest BCUT2D eigenvalue weighted by atomic mass is 16.4. The summed E-state index contributed by atoms with van der Waals surface area (Å²) in [5.41, 5.74) is -1.30. The molecule has 1 N–H and O–H groups in total. The third-order valence-corrected chi connectivity index (χ3v) is 1.85. The zero-order valence-electron chi connectivity index (χ0n) is 7.52. The van der Waals surface area contributed by atoms with E-state index in [2.05, 4.69) is 0 Å². The molecule has 1 rings (SSSR count). The van der Waals surface area contributed by atoms with Crippen LogP contribution in [0.2, 0.25) is 0 Å². The Morgan fingerprint density at radius 3 is 2.71 bits per heavy atom. The zero-order chi connectivity index (χ0) is 10.7. The molecule has 0 aliphatic rings. The van der Waals surface area contributed by atoms with Crippen molar-refractivity contribution < 1.29 is 9.90 Å². The molecule has 0 fully saturated rings. The van der Waals surface area contributed by atoms with Gasteiger partial charge in [-0.2, -0.15) is 0 Å². The number of aromatic nitrogens is 2. The lowest BCUT2D eigenvalue weighted by Gasteiger charge is -2.17. The molecule has 1 atom stereocenters. The number of nitrogens with zero attached hydrogens (tertiary/aromatic N) is 1. The van der Waals surface area contributed by atoms with Crippen LogP contribution in [0.1, 0.15) is 19.4 Å². The number of carbonyl (C=O) groups excluding carboxylic acids is 1. The summed E-state index contributed by atoms with van der Waals surface area (Å²) < 4.78 is 0.927. The number of carboxylic acid groups (broad SMARTS) is 1. The van der Waals surface area contributed by atoms with E-state index in [9.17, 15) is 19.5 Å². The van der Waals surface area contributed by atoms with Crippen molar-refractivity contribution in [3.63, 3.8) is 0 Å². The predicted octanol–water partition coefficient (Wildman–Crippen LogP) is -1.76. The standard InChI is InChI=1S/C8H10N2O4/c1-2-5(7(12)13)10-4-3-6(11)9-8(10)14/h3-5H,2H2,1H3,(H,12,13)(H,9,11,14)/p-1. The van der Waals surface area contributed by atoms with Crippen LogP contribution in [0.15, 0.2) is 21.9 Å². The van der Waals surface area contributed by atoms with Crippen LogP contribution in [0.3, 0.4) is 0 Å². The number of aliphatic carboxylic acids is 1. The quantitative estimate of drug-likeness (QED) is 0.620. The number of carbonyl (C=O) groups is 1. The first-order chi connectivity index (χ1) is 6.56. The van der Waals surface area contributed by atoms with Crippen molar-refractivity contribution in [2.45, 2.75) is 19.4 Å². The van der Waals surface area contributed by atoms with Gasteiger partial charge in [0.25, 0.3) is 5.56 Å². The molecule has 0 aromatic carbocycles. The van der Waals surface area contributed by atoms with Crippen LogP contribution in [0.25, 0.3) is 0 Å². The molecule has 0 saturated carbocycles. The number of nitrogens with one attached hydrogen (secondary N) is 1. The second-order valence-corrected chi connectivity index (χ2v) is 2.76. The van der Waals surface area contributed by atoms with Crippen LogP contribution < -0.4 is 16.4 Å². The average molecular weight is 197 g/mol. The SMILES string of the molecule is CCC(C(=O)[O-])n1ccc(=O)[nH]c1=O. The lowest BCUT2D eigenvalue weighted by molar-refractivity contribution is -0.310. The summed E-state index contributed by atoms with van der Waals surface area (Å²) in [7, 11) is 0. The first-order valence-corrected chi connectivity index (χ1v) is 4.08. The lowest BCUT2D eigenvalue weighted by atomic mass is 10.2. The number of carboxylic acids is 1. The minimum absolute atomic E-state index is 0.217. The van der Waals surface area contributed by atoms with Gasteiger partial charge in [-0.05, 0) is 6.42 Å². The molecular weight excluding hydrogens is 188 g/mol. The molecule has 76 valence electrons. The van der Waals surface area contributed by atoms with E-state index in [-0.39, 0.29) is 6.42 Å². The molecule has 0 saturated heterocycles. The molecule has 0 radical (unpaired) electrons. The van der Waals surface area contributed by atoms with Crippen LogP contribution in [0, 0.1) is 0 Å². The Morgan fingerprint density at radius 2 is 2.29 bits per heavy atom. The van der Waals surface area contributed by atoms with Crippen molar-refractivity contribution in [3.8, 4) is 0 Å². The number of aromatic amines is 1. The molecule has 6 heteroatoms. The summed E-state index contributed by atoms with van der Waals surface area (Å²) in [6.45, 7) is 1.61. The summed E-state index contributed by atoms with van der Waals surface area (Å²) in [5, 5.41) is 10.6. The summed E-state index contributed by atoms with van der Waals surface area (Å²) in [5.74, 6) is -1.35. The molecule has 0 spiro atoms. The third kappa shape index (κ3) is 1.90. The van der Waals surface area contributed by atoms with Gasteiger partial charge in [0.1, 0.15) is 0 Å². The van der Waals surface area contributed by atoms with Gasteiger partial charge in [0, 0.05) is 12.3 Å². The van der Waals surface area contributed by atoms with E-state index in [4.69, 9.17) is 0 Å². The number of hydrogen-bond acceptors (Lipinski definition) is 4. The van der Waals surface area contributed by atoms with Crippen molar-refractivity contribution in [2.24, 2.45) is 0 Å². The molecule has 1 unspecified atom stereocenters. The summed E-state index contributed by atoms with van der Waals surface area (Å²) in [4.78, 5) is 34.4. The summed E-state index contributed by atoms with van der Waals surface area (Å²) >= 11 is 0. The van der Waals surface area contributed by atoms with Gasteiger partial charge in [0.2, 0.25) is 0 Å². The zero-order valence-corrected chi connectivity index (χ0v) is 7.52. The van der Waals surface area contributed by atoms with Crippen LogP contribution in [0.5, 0.6) is 0 Å². The van der Waals surface area contributed by atoms with E-state index in [1.165, 1.54) is 0 Å². The lowest BCUT2D eigenvalue weighted by Crippen LogP contribution is -2.40. The van der Waals surface area contributed by atoms with Gasteiger partial charge < -0.3 is 9.90 Å². The molecule has 1 aromatic rings. The summed E-state index contributed by atoms with van der Waals surface area (Å²) in [6, 6.07) is 0.0480. The van der Waals surface area contributed by atoms with Gasteiger partial charge in [-0.15, -0.1) is 0 Å². The number of H-pyrrole nitrogens is 1. The van der Waals surface area contributed by atoms with Gasteiger partial charge in [-0.25, -0.2) is 4.79 Å². The Balaban J connectivity index is 3.24. The first kappa shape index (κ1) is 10.2. The van der Waals surface area contributed by atoms with Crippen molar-refractivity contribution in [1.29, 1.82) is 0 Å². The maximum absolute atomic E-state index is 11.2. The Bertz CT molecular complexity index is 445. The fraction of sp³-hybridized carbons (Fsp3) is 0.375. The van der Waals surface area contributed by atoms with Gasteiger partial charge in [0.05, 0.1) is 12.0 Å². The molecule has 0 aliphatic carbocycles. The molecule has 0 bridgehead atoms. The Labute approximate surface area is 78.8 Å². The Hall–Kier alpha value is -1.85. The maximum Gasteiger partial charge on any atom is 0.328 e. The average Bonchev–Trinajstić information content (AvgIpc) is 2.09. The second-order valence-electron chi connectivity index (χ2n) is 2.76. The van der Waals surface area contributed by atoms with Gasteiger partial charge in [-0.1, -0.05) is 6.92 Å². The van der Waals surface area contributed by atoms with Crippen LogP contribution in [-0.4, -0.2) is 15.5 Å². The third-order valence-electron chi connectivity index (χ3n) is 1.85. The molecule has 1 aromatic heterocycles. The van der Waals surface area contributed by atoms with Crippen molar-refractivity contribution >= 4 is 5.97 Å². The van der Waals surface area contributed by atoms with Crippen LogP contribution in [0.4, 0.5) is 0 Å². The largest absolute Gasteiger partial charge is 0.548 e. The minimum atomic E-state index is -1.35. The highest BCUT2D eigenvalue weighted by Gasteiger charge is 2.10. The van der Waals surface area contributed by atoms with Gasteiger partial charge in [-0.3, -0.25) is 14.3 Å². The monoisotopic (exact) mass is 197 g/mol. The Morgan fingerprint density at radius 1 is 1.64 bits per heavy atom. The minimum Gasteiger partial charge on any atom is -0.548 e. The molecule has 1 heterocycles. The highest BCUT2D eigenvalue weighted by Crippen LogP contribution is 2.04. The van der Waals surface area contributed by atoms with E-state index in [0.29, 0.717) is 0 Å². The Kier molecular flexibility index (Phi) is 2.85. The fourth-order valence-electron chi connectivity index (χ4n) is 1.15. The van der Waals surface area contributed by atoms with Crippen molar-refractivity contribution in [1.82, 2.24) is 9.55 Å². The van der Waals surface area contributed by atoms with E-state index in [1.54, 1.807) is 6.92 Å². The predicted molar refractivity (Wildman–Crippen MR) is 45.7 cm³/mol. The van der Waals surface area contributed by atoms with Gasteiger partial charge in [0.15, 0.2) is 0 Å². The van der Waals surface area contributed by atoms with Crippen LogP contribution >= 0.6 is 0 Å². The highest BCUT2D eigenvalue weighted by molar-refractivity contribution is 5.69. The first-order valence-electron chi connectivity index (χ1n) is 4.08. The van der Waals surface area contributed by atoms with Gasteiger partial charge >= 0.3 is 5.69 Å². The fourth-order valence-corrected chi connectivity index (χ4v) is 1.15. The molecule has 14 heavy (non-hydrogen) atoms. The van der Waals surface area contributed by atoms with Crippen molar-refractivity contribution in [3.05, 3.63) is 33.1 Å². The van der Waals surface area contributed by atoms with E-state index in [0.717, 1.165) is 16.8 Å². The molecule has 0 aliphatic heterocycles. The summed E-state index contributed by atoms with van der Waals surface area (Å²) in [6.07, 6.45) is 1.36. The van der Waals surface area contributed by atoms with Crippen molar-refractivity contribution in [2.75, 3.05) is 0 Å². The molecule has 6 nitrogen and oxygen atoms in total. The number of hydrogen-bond donors (Lipinski definition) is 1. The molecular formula is C8H9N2O4-. The van der Waals surface area contributed by atoms with Crippen LogP contribution in [-0.2, 0) is 4.79 Å². The van der Waals surface area contributed by atoms with E-state index >= 15 is 0 Å². The second kappa shape index (κ2) is 3.91. The van der Waals surface area contributed by atoms with E-state index < -0.39 is 23.3 Å². The maximum atomic E-state index is 11.2.